The zero-order valence-electron chi connectivity index (χ0n) is 14.3. The van der Waals surface area contributed by atoms with Crippen LogP contribution in [0.2, 0.25) is 0 Å². The van der Waals surface area contributed by atoms with Gasteiger partial charge in [-0.1, -0.05) is 79.6 Å². The first-order chi connectivity index (χ1) is 8.97. The van der Waals surface area contributed by atoms with E-state index in [9.17, 15) is 0 Å². The molecule has 0 N–H and O–H groups in total. The molecule has 1 aliphatic rings. The summed E-state index contributed by atoms with van der Waals surface area (Å²) in [6, 6.07) is 0. The van der Waals surface area contributed by atoms with Crippen LogP contribution in [0, 0.1) is 23.2 Å². The van der Waals surface area contributed by atoms with Crippen molar-refractivity contribution < 1.29 is 0 Å². The fraction of sp³-hybridized carbons (Fsp3) is 1.00. The predicted octanol–water partition coefficient (Wildman–Crippen LogP) is 6.84. The standard InChI is InChI=1S/C19H38/c1-6-18(12-9-13-19(5)14-15-19)17(4)11-8-7-10-16(2)3/h16-18H,6-15H2,1-5H3. The Morgan fingerprint density at radius 3 is 2.05 bits per heavy atom. The van der Waals surface area contributed by atoms with Crippen molar-refractivity contribution in [1.29, 1.82) is 0 Å². The molecule has 0 aromatic carbocycles. The van der Waals surface area contributed by atoms with E-state index in [4.69, 9.17) is 0 Å². The Balaban J connectivity index is 2.09. The summed E-state index contributed by atoms with van der Waals surface area (Å²) in [7, 11) is 0. The van der Waals surface area contributed by atoms with Gasteiger partial charge in [-0.25, -0.2) is 0 Å². The first kappa shape index (κ1) is 17.1. The summed E-state index contributed by atoms with van der Waals surface area (Å²) in [6.07, 6.45) is 14.6. The summed E-state index contributed by atoms with van der Waals surface area (Å²) in [5, 5.41) is 0. The summed E-state index contributed by atoms with van der Waals surface area (Å²) >= 11 is 0. The van der Waals surface area contributed by atoms with Crippen LogP contribution < -0.4 is 0 Å². The van der Waals surface area contributed by atoms with Crippen LogP contribution in [0.15, 0.2) is 0 Å². The van der Waals surface area contributed by atoms with E-state index in [0.29, 0.717) is 0 Å². The van der Waals surface area contributed by atoms with Gasteiger partial charge in [-0.05, 0) is 42.4 Å². The summed E-state index contributed by atoms with van der Waals surface area (Å²) in [5.41, 5.74) is 0.763. The minimum Gasteiger partial charge on any atom is -0.0651 e. The molecular formula is C19H38. The van der Waals surface area contributed by atoms with Gasteiger partial charge in [0, 0.05) is 0 Å². The lowest BCUT2D eigenvalue weighted by molar-refractivity contribution is 0.282. The van der Waals surface area contributed by atoms with E-state index in [1.54, 1.807) is 0 Å². The van der Waals surface area contributed by atoms with Crippen molar-refractivity contribution in [3.8, 4) is 0 Å². The van der Waals surface area contributed by atoms with Crippen molar-refractivity contribution in [2.24, 2.45) is 23.2 Å². The van der Waals surface area contributed by atoms with E-state index in [1.807, 2.05) is 0 Å². The van der Waals surface area contributed by atoms with Gasteiger partial charge >= 0.3 is 0 Å². The average Bonchev–Trinajstić information content (AvgIpc) is 3.08. The molecule has 0 spiro atoms. The largest absolute Gasteiger partial charge is 0.0651 e. The number of hydrogen-bond donors (Lipinski definition) is 0. The highest BCUT2D eigenvalue weighted by Crippen LogP contribution is 2.49. The van der Waals surface area contributed by atoms with Gasteiger partial charge in [0.1, 0.15) is 0 Å². The Hall–Kier alpha value is 0. The lowest BCUT2D eigenvalue weighted by Crippen LogP contribution is -2.11. The van der Waals surface area contributed by atoms with Crippen molar-refractivity contribution >= 4 is 0 Å². The van der Waals surface area contributed by atoms with E-state index in [2.05, 4.69) is 34.6 Å². The van der Waals surface area contributed by atoms with E-state index < -0.39 is 0 Å². The van der Waals surface area contributed by atoms with Gasteiger partial charge in [-0.15, -0.1) is 0 Å². The summed E-state index contributed by atoms with van der Waals surface area (Å²) in [4.78, 5) is 0. The van der Waals surface area contributed by atoms with E-state index in [1.165, 1.54) is 64.2 Å². The normalized spacial score (nSPS) is 20.5. The minimum absolute atomic E-state index is 0.763. The Morgan fingerprint density at radius 2 is 1.53 bits per heavy atom. The van der Waals surface area contributed by atoms with Crippen LogP contribution in [0.5, 0.6) is 0 Å². The highest BCUT2D eigenvalue weighted by molar-refractivity contribution is 4.88. The SMILES string of the molecule is CCC(CCCC1(C)CC1)C(C)CCCCC(C)C. The molecule has 0 heteroatoms. The Morgan fingerprint density at radius 1 is 0.895 bits per heavy atom. The molecule has 2 unspecified atom stereocenters. The maximum atomic E-state index is 2.50. The molecule has 0 saturated heterocycles. The van der Waals surface area contributed by atoms with Gasteiger partial charge in [0.25, 0.3) is 0 Å². The topological polar surface area (TPSA) is 0 Å². The molecule has 1 fully saturated rings. The lowest BCUT2D eigenvalue weighted by Gasteiger charge is -2.23. The number of hydrogen-bond acceptors (Lipinski definition) is 0. The molecule has 0 amide bonds. The van der Waals surface area contributed by atoms with Gasteiger partial charge in [0.15, 0.2) is 0 Å². The fourth-order valence-electron chi connectivity index (χ4n) is 3.40. The number of rotatable bonds is 11. The maximum absolute atomic E-state index is 2.50. The molecule has 2 atom stereocenters. The number of unbranched alkanes of at least 4 members (excludes halogenated alkanes) is 1. The van der Waals surface area contributed by atoms with Crippen molar-refractivity contribution in [1.82, 2.24) is 0 Å². The van der Waals surface area contributed by atoms with Crippen LogP contribution in [0.1, 0.15) is 98.8 Å². The third kappa shape index (κ3) is 7.37. The Kier molecular flexibility index (Phi) is 7.47. The molecule has 0 radical (unpaired) electrons. The molecule has 19 heavy (non-hydrogen) atoms. The van der Waals surface area contributed by atoms with Crippen LogP contribution in [0.3, 0.4) is 0 Å². The molecule has 0 nitrogen and oxygen atoms in total. The third-order valence-electron chi connectivity index (χ3n) is 5.48. The predicted molar refractivity (Wildman–Crippen MR) is 87.4 cm³/mol. The lowest BCUT2D eigenvalue weighted by atomic mass is 9.83. The van der Waals surface area contributed by atoms with Crippen molar-refractivity contribution in [2.75, 3.05) is 0 Å². The third-order valence-corrected chi connectivity index (χ3v) is 5.48. The minimum atomic E-state index is 0.763. The molecule has 114 valence electrons. The van der Waals surface area contributed by atoms with Crippen LogP contribution in [0.25, 0.3) is 0 Å². The molecule has 1 rings (SSSR count). The summed E-state index contributed by atoms with van der Waals surface area (Å²) < 4.78 is 0. The monoisotopic (exact) mass is 266 g/mol. The zero-order valence-corrected chi connectivity index (χ0v) is 14.3. The van der Waals surface area contributed by atoms with Gasteiger partial charge in [0.2, 0.25) is 0 Å². The van der Waals surface area contributed by atoms with Gasteiger partial charge in [0.05, 0.1) is 0 Å². The molecule has 0 heterocycles. The maximum Gasteiger partial charge on any atom is -0.0325 e. The zero-order chi connectivity index (χ0) is 14.3. The molecule has 0 aromatic heterocycles. The first-order valence-corrected chi connectivity index (χ1v) is 8.97. The fourth-order valence-corrected chi connectivity index (χ4v) is 3.40. The van der Waals surface area contributed by atoms with Gasteiger partial charge in [-0.3, -0.25) is 0 Å². The second-order valence-corrected chi connectivity index (χ2v) is 8.03. The van der Waals surface area contributed by atoms with Crippen molar-refractivity contribution in [2.45, 2.75) is 98.8 Å². The highest BCUT2D eigenvalue weighted by atomic mass is 14.4. The van der Waals surface area contributed by atoms with Crippen molar-refractivity contribution in [3.63, 3.8) is 0 Å². The second kappa shape index (κ2) is 8.32. The first-order valence-electron chi connectivity index (χ1n) is 8.97. The quantitative estimate of drug-likeness (QED) is 0.359. The summed E-state index contributed by atoms with van der Waals surface area (Å²) in [6.45, 7) is 12.1. The van der Waals surface area contributed by atoms with E-state index in [0.717, 1.165) is 23.2 Å². The van der Waals surface area contributed by atoms with Crippen LogP contribution in [-0.2, 0) is 0 Å². The van der Waals surface area contributed by atoms with E-state index in [-0.39, 0.29) is 0 Å². The van der Waals surface area contributed by atoms with E-state index >= 15 is 0 Å². The molecular weight excluding hydrogens is 228 g/mol. The van der Waals surface area contributed by atoms with Crippen LogP contribution in [0.4, 0.5) is 0 Å². The van der Waals surface area contributed by atoms with Crippen LogP contribution in [-0.4, -0.2) is 0 Å². The highest BCUT2D eigenvalue weighted by Gasteiger charge is 2.36. The molecule has 1 aliphatic carbocycles. The molecule has 0 aromatic rings. The van der Waals surface area contributed by atoms with Crippen molar-refractivity contribution in [3.05, 3.63) is 0 Å². The smallest absolute Gasteiger partial charge is 0.0325 e. The van der Waals surface area contributed by atoms with Gasteiger partial charge < -0.3 is 0 Å². The average molecular weight is 267 g/mol. The molecule has 0 aliphatic heterocycles. The summed E-state index contributed by atoms with van der Waals surface area (Å²) in [5.74, 6) is 2.82. The molecule has 0 bridgehead atoms. The second-order valence-electron chi connectivity index (χ2n) is 8.03. The molecule has 1 saturated carbocycles. The van der Waals surface area contributed by atoms with Gasteiger partial charge in [-0.2, -0.15) is 0 Å². The van der Waals surface area contributed by atoms with Crippen LogP contribution >= 0.6 is 0 Å². The Bertz CT molecular complexity index is 224. The Labute approximate surface area is 122 Å².